The Morgan fingerprint density at radius 1 is 0.821 bits per heavy atom. The van der Waals surface area contributed by atoms with Crippen LogP contribution in [0.5, 0.6) is 5.75 Å². The normalized spacial score (nSPS) is 25.7. The molecule has 6 atom stereocenters. The first kappa shape index (κ1) is 28.4. The molecule has 4 rings (SSSR count). The molecule has 1 saturated heterocycles. The molecule has 2 aliphatic heterocycles. The van der Waals surface area contributed by atoms with Crippen molar-refractivity contribution < 1.29 is 48.0 Å². The molecule has 2 aliphatic rings. The Labute approximate surface area is 229 Å². The topological polar surface area (TPSA) is 135 Å². The van der Waals surface area contributed by atoms with Crippen LogP contribution in [0.3, 0.4) is 0 Å². The molecular weight excluding hydrogens is 528 g/mol. The summed E-state index contributed by atoms with van der Waals surface area (Å²) >= 11 is 1.70. The molecule has 0 amide bonds. The van der Waals surface area contributed by atoms with E-state index in [1.54, 1.807) is 23.9 Å². The van der Waals surface area contributed by atoms with E-state index < -0.39 is 54.4 Å². The lowest BCUT2D eigenvalue weighted by atomic mass is 9.89. The molecule has 6 unspecified atom stereocenters. The molecule has 1 fully saturated rings. The summed E-state index contributed by atoms with van der Waals surface area (Å²) in [6.45, 7) is 4.54. The Kier molecular flexibility index (Phi) is 8.81. The largest absolute Gasteiger partial charge is 0.508 e. The van der Waals surface area contributed by atoms with Crippen LogP contribution < -0.4 is 0 Å². The Hall–Kier alpha value is -3.57. The molecule has 0 aliphatic carbocycles. The molecule has 0 aromatic heterocycles. The molecule has 1 N–H and O–H groups in total. The zero-order chi connectivity index (χ0) is 28.3. The number of hydrogen-bond acceptors (Lipinski definition) is 11. The van der Waals surface area contributed by atoms with Gasteiger partial charge in [-0.25, -0.2) is 0 Å². The van der Waals surface area contributed by atoms with Gasteiger partial charge in [0.05, 0.1) is 0 Å². The second kappa shape index (κ2) is 12.1. The predicted molar refractivity (Wildman–Crippen MR) is 138 cm³/mol. The summed E-state index contributed by atoms with van der Waals surface area (Å²) in [7, 11) is 0. The highest BCUT2D eigenvalue weighted by Gasteiger charge is 2.52. The van der Waals surface area contributed by atoms with Gasteiger partial charge in [-0.3, -0.25) is 19.2 Å². The third kappa shape index (κ3) is 6.90. The first-order chi connectivity index (χ1) is 18.5. The Morgan fingerprint density at radius 2 is 1.41 bits per heavy atom. The fourth-order valence-electron chi connectivity index (χ4n) is 4.82. The Balaban J connectivity index is 1.69. The van der Waals surface area contributed by atoms with E-state index in [9.17, 15) is 24.3 Å². The third-order valence-corrected chi connectivity index (χ3v) is 7.72. The summed E-state index contributed by atoms with van der Waals surface area (Å²) in [4.78, 5) is 48.8. The van der Waals surface area contributed by atoms with Crippen LogP contribution in [-0.4, -0.2) is 60.0 Å². The monoisotopic (exact) mass is 558 g/mol. The molecule has 2 aromatic rings. The van der Waals surface area contributed by atoms with Gasteiger partial charge in [0.15, 0.2) is 18.3 Å². The highest BCUT2D eigenvalue weighted by Crippen LogP contribution is 2.48. The van der Waals surface area contributed by atoms with Gasteiger partial charge >= 0.3 is 23.9 Å². The van der Waals surface area contributed by atoms with Crippen molar-refractivity contribution in [3.63, 3.8) is 0 Å². The van der Waals surface area contributed by atoms with Crippen molar-refractivity contribution in [2.24, 2.45) is 0 Å². The first-order valence-corrected chi connectivity index (χ1v) is 13.3. The summed E-state index contributed by atoms with van der Waals surface area (Å²) in [6.07, 6.45) is -4.79. The second-order valence-corrected chi connectivity index (χ2v) is 10.6. The van der Waals surface area contributed by atoms with Crippen LogP contribution in [0.2, 0.25) is 0 Å². The van der Waals surface area contributed by atoms with Gasteiger partial charge in [-0.1, -0.05) is 24.3 Å². The maximum atomic E-state index is 12.1. The average Bonchev–Trinajstić information content (AvgIpc) is 3.28. The predicted octanol–water partition coefficient (Wildman–Crippen LogP) is 3.58. The summed E-state index contributed by atoms with van der Waals surface area (Å²) in [5, 5.41) is 9.78. The van der Waals surface area contributed by atoms with E-state index in [4.69, 9.17) is 23.7 Å². The third-order valence-electron chi connectivity index (χ3n) is 6.34. The summed E-state index contributed by atoms with van der Waals surface area (Å²) in [6, 6.07) is 12.8. The molecular formula is C28H30O10S. The lowest BCUT2D eigenvalue weighted by Gasteiger charge is -2.44. The molecule has 0 saturated carbocycles. The summed E-state index contributed by atoms with van der Waals surface area (Å²) in [5.41, 5.74) is 2.77. The number of fused-ring (bicyclic) bond motifs is 1. The van der Waals surface area contributed by atoms with Crippen molar-refractivity contribution in [3.8, 4) is 5.75 Å². The minimum atomic E-state index is -1.22. The van der Waals surface area contributed by atoms with Crippen LogP contribution in [0.15, 0.2) is 47.4 Å². The summed E-state index contributed by atoms with van der Waals surface area (Å²) in [5.74, 6) is -2.37. The van der Waals surface area contributed by atoms with Crippen molar-refractivity contribution in [3.05, 3.63) is 59.2 Å². The number of hydrogen-bond donors (Lipinski definition) is 1. The number of ether oxygens (including phenoxy) is 5. The standard InChI is InChI=1S/C28H30O10S/c1-14(29)34-13-22-26(35-15(2)30)28(37-17(4)32)27(36-16(3)31)25(38-22)19-7-10-23-20(11-19)12-24(39-23)18-5-8-21(33)9-6-18/h5-11,22,24-28,33H,12-13H2,1-4H3. The zero-order valence-corrected chi connectivity index (χ0v) is 22.8. The van der Waals surface area contributed by atoms with Crippen molar-refractivity contribution >= 4 is 35.6 Å². The smallest absolute Gasteiger partial charge is 0.303 e. The Morgan fingerprint density at radius 3 is 2.03 bits per heavy atom. The van der Waals surface area contributed by atoms with E-state index in [1.807, 2.05) is 30.3 Å². The number of esters is 4. The van der Waals surface area contributed by atoms with E-state index in [2.05, 4.69) is 0 Å². The number of thioether (sulfide) groups is 1. The molecule has 0 spiro atoms. The number of carbonyl (C=O) groups excluding carboxylic acids is 4. The molecule has 0 radical (unpaired) electrons. The highest BCUT2D eigenvalue weighted by molar-refractivity contribution is 7.99. The number of benzene rings is 2. The number of phenols is 1. The van der Waals surface area contributed by atoms with Crippen molar-refractivity contribution in [2.45, 2.75) is 74.8 Å². The molecule has 0 bridgehead atoms. The molecule has 2 heterocycles. The second-order valence-electron chi connectivity index (χ2n) is 9.39. The highest BCUT2D eigenvalue weighted by atomic mass is 32.2. The van der Waals surface area contributed by atoms with Crippen LogP contribution in [-0.2, 0) is 49.3 Å². The van der Waals surface area contributed by atoms with Gasteiger partial charge in [-0.05, 0) is 41.3 Å². The molecule has 10 nitrogen and oxygen atoms in total. The number of carbonyl (C=O) groups is 4. The van der Waals surface area contributed by atoms with Gasteiger partial charge in [-0.15, -0.1) is 11.8 Å². The van der Waals surface area contributed by atoms with Crippen molar-refractivity contribution in [1.82, 2.24) is 0 Å². The van der Waals surface area contributed by atoms with Crippen molar-refractivity contribution in [1.29, 1.82) is 0 Å². The fourth-order valence-corrected chi connectivity index (χ4v) is 6.12. The SMILES string of the molecule is CC(=O)OCC1OC(c2ccc3c(c2)CC(c2ccc(O)cc2)S3)C(OC(C)=O)C(OC(C)=O)C1OC(C)=O. The van der Waals surface area contributed by atoms with E-state index in [-0.39, 0.29) is 17.6 Å². The lowest BCUT2D eigenvalue weighted by Crippen LogP contribution is -2.59. The molecule has 39 heavy (non-hydrogen) atoms. The number of phenolic OH excluding ortho intramolecular Hbond substituents is 1. The van der Waals surface area contributed by atoms with Crippen molar-refractivity contribution in [2.75, 3.05) is 6.61 Å². The summed E-state index contributed by atoms with van der Waals surface area (Å²) < 4.78 is 28.1. The lowest BCUT2D eigenvalue weighted by molar-refractivity contribution is -0.254. The molecule has 208 valence electrons. The van der Waals surface area contributed by atoms with Gasteiger partial charge in [0.1, 0.15) is 24.6 Å². The van der Waals surface area contributed by atoms with Gasteiger partial charge in [0, 0.05) is 37.8 Å². The van der Waals surface area contributed by atoms with Crippen LogP contribution in [0.25, 0.3) is 0 Å². The number of rotatable bonds is 7. The maximum absolute atomic E-state index is 12.1. The van der Waals surface area contributed by atoms with Crippen LogP contribution in [0.1, 0.15) is 55.7 Å². The average molecular weight is 559 g/mol. The van der Waals surface area contributed by atoms with Gasteiger partial charge in [0.2, 0.25) is 0 Å². The van der Waals surface area contributed by atoms with Crippen LogP contribution in [0, 0.1) is 0 Å². The van der Waals surface area contributed by atoms with E-state index >= 15 is 0 Å². The van der Waals surface area contributed by atoms with E-state index in [0.29, 0.717) is 12.0 Å². The molecule has 2 aromatic carbocycles. The zero-order valence-electron chi connectivity index (χ0n) is 21.9. The first-order valence-electron chi connectivity index (χ1n) is 12.4. The van der Waals surface area contributed by atoms with Gasteiger partial charge in [0.25, 0.3) is 0 Å². The minimum Gasteiger partial charge on any atom is -0.508 e. The number of aromatic hydroxyl groups is 1. The quantitative estimate of drug-likeness (QED) is 0.395. The van der Waals surface area contributed by atoms with Gasteiger partial charge < -0.3 is 28.8 Å². The van der Waals surface area contributed by atoms with Crippen LogP contribution in [0.4, 0.5) is 0 Å². The fraction of sp³-hybridized carbons (Fsp3) is 0.429. The van der Waals surface area contributed by atoms with Gasteiger partial charge in [-0.2, -0.15) is 0 Å². The van der Waals surface area contributed by atoms with E-state index in [1.165, 1.54) is 27.7 Å². The van der Waals surface area contributed by atoms with E-state index in [0.717, 1.165) is 16.0 Å². The minimum absolute atomic E-state index is 0.145. The van der Waals surface area contributed by atoms with Crippen LogP contribution >= 0.6 is 11.8 Å². The Bertz CT molecular complexity index is 1240. The maximum Gasteiger partial charge on any atom is 0.303 e. The molecule has 11 heteroatoms.